The Morgan fingerprint density at radius 2 is 2.00 bits per heavy atom. The highest BCUT2D eigenvalue weighted by Gasteiger charge is 2.13. The molecule has 0 fully saturated rings. The van der Waals surface area contributed by atoms with Crippen molar-refractivity contribution in [1.82, 2.24) is 0 Å². The van der Waals surface area contributed by atoms with Gasteiger partial charge in [-0.25, -0.2) is 4.79 Å². The molecule has 17 heavy (non-hydrogen) atoms. The van der Waals surface area contributed by atoms with E-state index in [0.717, 1.165) is 12.8 Å². The van der Waals surface area contributed by atoms with Gasteiger partial charge in [0.25, 0.3) is 0 Å². The van der Waals surface area contributed by atoms with Crippen LogP contribution in [0.2, 0.25) is 0 Å². The first-order chi connectivity index (χ1) is 8.24. The normalized spacial score (nSPS) is 12.1. The lowest BCUT2D eigenvalue weighted by molar-refractivity contribution is -0.155. The van der Waals surface area contributed by atoms with Crippen LogP contribution in [0, 0.1) is 0 Å². The molecule has 0 aromatic heterocycles. The summed E-state index contributed by atoms with van der Waals surface area (Å²) >= 11 is 0. The zero-order valence-electron chi connectivity index (χ0n) is 10.5. The Hall–Kier alpha value is -1.35. The van der Waals surface area contributed by atoms with Gasteiger partial charge in [-0.2, -0.15) is 0 Å². The van der Waals surface area contributed by atoms with E-state index < -0.39 is 6.10 Å². The second-order valence-electron chi connectivity index (χ2n) is 3.85. The van der Waals surface area contributed by atoms with E-state index in [9.17, 15) is 4.79 Å². The Balaban J connectivity index is 2.14. The van der Waals surface area contributed by atoms with Crippen molar-refractivity contribution in [3.8, 4) is 0 Å². The van der Waals surface area contributed by atoms with E-state index in [1.165, 1.54) is 5.56 Å². The van der Waals surface area contributed by atoms with Crippen LogP contribution in [0.5, 0.6) is 0 Å². The van der Waals surface area contributed by atoms with Crippen molar-refractivity contribution in [2.24, 2.45) is 0 Å². The largest absolute Gasteiger partial charge is 0.464 e. The number of rotatable bonds is 7. The fourth-order valence-corrected chi connectivity index (χ4v) is 1.51. The van der Waals surface area contributed by atoms with Gasteiger partial charge in [-0.05, 0) is 32.3 Å². The lowest BCUT2D eigenvalue weighted by atomic mass is 10.1. The van der Waals surface area contributed by atoms with Crippen LogP contribution >= 0.6 is 0 Å². The van der Waals surface area contributed by atoms with Gasteiger partial charge in [-0.1, -0.05) is 30.3 Å². The molecule has 0 saturated heterocycles. The summed E-state index contributed by atoms with van der Waals surface area (Å²) in [6.07, 6.45) is 1.41. The molecule has 0 heterocycles. The van der Waals surface area contributed by atoms with Crippen LogP contribution in [0.3, 0.4) is 0 Å². The monoisotopic (exact) mass is 236 g/mol. The second-order valence-corrected chi connectivity index (χ2v) is 3.85. The van der Waals surface area contributed by atoms with Gasteiger partial charge in [0.15, 0.2) is 6.10 Å². The number of ether oxygens (including phenoxy) is 2. The molecule has 0 spiro atoms. The van der Waals surface area contributed by atoms with Gasteiger partial charge in [0, 0.05) is 6.61 Å². The van der Waals surface area contributed by atoms with Crippen molar-refractivity contribution in [2.75, 3.05) is 13.2 Å². The number of carbonyl (C=O) groups is 1. The van der Waals surface area contributed by atoms with Gasteiger partial charge in [-0.3, -0.25) is 0 Å². The predicted octanol–water partition coefficient (Wildman–Crippen LogP) is 2.59. The highest BCUT2D eigenvalue weighted by Crippen LogP contribution is 2.03. The molecule has 0 aliphatic rings. The van der Waals surface area contributed by atoms with Crippen molar-refractivity contribution in [1.29, 1.82) is 0 Å². The molecule has 1 rings (SSSR count). The molecule has 1 atom stereocenters. The summed E-state index contributed by atoms with van der Waals surface area (Å²) in [4.78, 5) is 11.3. The Labute approximate surface area is 103 Å². The van der Waals surface area contributed by atoms with Crippen molar-refractivity contribution >= 4 is 5.97 Å². The average molecular weight is 236 g/mol. The van der Waals surface area contributed by atoms with E-state index in [1.807, 2.05) is 18.2 Å². The van der Waals surface area contributed by atoms with E-state index in [2.05, 4.69) is 12.1 Å². The number of benzene rings is 1. The maximum absolute atomic E-state index is 11.3. The Morgan fingerprint density at radius 3 is 2.65 bits per heavy atom. The molecule has 0 aliphatic carbocycles. The molecule has 0 saturated carbocycles. The van der Waals surface area contributed by atoms with Crippen LogP contribution in [0.1, 0.15) is 25.8 Å². The Kier molecular flexibility index (Phi) is 6.33. The Bertz CT molecular complexity index is 321. The number of esters is 1. The predicted molar refractivity (Wildman–Crippen MR) is 66.8 cm³/mol. The molecule has 0 amide bonds. The van der Waals surface area contributed by atoms with Gasteiger partial charge >= 0.3 is 5.97 Å². The molecule has 1 aromatic rings. The fraction of sp³-hybridized carbons (Fsp3) is 0.500. The number of aryl methyl sites for hydroxylation is 1. The minimum absolute atomic E-state index is 0.285. The van der Waals surface area contributed by atoms with Gasteiger partial charge in [0.1, 0.15) is 0 Å². The van der Waals surface area contributed by atoms with Crippen LogP contribution in [-0.2, 0) is 20.7 Å². The van der Waals surface area contributed by atoms with Crippen molar-refractivity contribution in [2.45, 2.75) is 32.8 Å². The summed E-state index contributed by atoms with van der Waals surface area (Å²) in [5.74, 6) is -0.285. The molecule has 0 N–H and O–H groups in total. The number of hydrogen-bond acceptors (Lipinski definition) is 3. The van der Waals surface area contributed by atoms with Crippen LogP contribution in [0.25, 0.3) is 0 Å². The maximum Gasteiger partial charge on any atom is 0.334 e. The molecule has 0 radical (unpaired) electrons. The van der Waals surface area contributed by atoms with Crippen molar-refractivity contribution in [3.05, 3.63) is 35.9 Å². The van der Waals surface area contributed by atoms with E-state index in [0.29, 0.717) is 13.2 Å². The molecule has 3 heteroatoms. The molecule has 1 unspecified atom stereocenters. The van der Waals surface area contributed by atoms with E-state index in [4.69, 9.17) is 9.47 Å². The summed E-state index contributed by atoms with van der Waals surface area (Å²) in [5, 5.41) is 0. The van der Waals surface area contributed by atoms with Crippen LogP contribution in [0.4, 0.5) is 0 Å². The van der Waals surface area contributed by atoms with Gasteiger partial charge in [0.2, 0.25) is 0 Å². The third kappa shape index (κ3) is 5.50. The second kappa shape index (κ2) is 7.85. The smallest absolute Gasteiger partial charge is 0.334 e. The summed E-state index contributed by atoms with van der Waals surface area (Å²) < 4.78 is 10.3. The lowest BCUT2D eigenvalue weighted by Gasteiger charge is -2.11. The highest BCUT2D eigenvalue weighted by molar-refractivity contribution is 5.74. The van der Waals surface area contributed by atoms with Crippen molar-refractivity contribution in [3.63, 3.8) is 0 Å². The minimum Gasteiger partial charge on any atom is -0.464 e. The summed E-state index contributed by atoms with van der Waals surface area (Å²) in [6.45, 7) is 4.49. The molecule has 3 nitrogen and oxygen atoms in total. The first-order valence-corrected chi connectivity index (χ1v) is 6.06. The van der Waals surface area contributed by atoms with E-state index in [1.54, 1.807) is 13.8 Å². The van der Waals surface area contributed by atoms with E-state index in [-0.39, 0.29) is 5.97 Å². The third-order valence-corrected chi connectivity index (χ3v) is 2.44. The number of hydrogen-bond donors (Lipinski definition) is 0. The molecule has 94 valence electrons. The lowest BCUT2D eigenvalue weighted by Crippen LogP contribution is -2.23. The molecular weight excluding hydrogens is 216 g/mol. The van der Waals surface area contributed by atoms with Crippen molar-refractivity contribution < 1.29 is 14.3 Å². The van der Waals surface area contributed by atoms with Crippen LogP contribution in [-0.4, -0.2) is 25.3 Å². The molecule has 1 aromatic carbocycles. The summed E-state index contributed by atoms with van der Waals surface area (Å²) in [6, 6.07) is 10.2. The van der Waals surface area contributed by atoms with E-state index >= 15 is 0 Å². The zero-order chi connectivity index (χ0) is 12.5. The van der Waals surface area contributed by atoms with Crippen LogP contribution < -0.4 is 0 Å². The summed E-state index contributed by atoms with van der Waals surface area (Å²) in [7, 11) is 0. The topological polar surface area (TPSA) is 35.5 Å². The third-order valence-electron chi connectivity index (χ3n) is 2.44. The zero-order valence-corrected chi connectivity index (χ0v) is 10.5. The molecule has 0 bridgehead atoms. The SMILES string of the molecule is CCOC(=O)C(C)OCCCc1ccccc1. The summed E-state index contributed by atoms with van der Waals surface area (Å²) in [5.41, 5.74) is 1.29. The standard InChI is InChI=1S/C14H20O3/c1-3-16-14(15)12(2)17-11-7-10-13-8-5-4-6-9-13/h4-6,8-9,12H,3,7,10-11H2,1-2H3. The van der Waals surface area contributed by atoms with Crippen LogP contribution in [0.15, 0.2) is 30.3 Å². The van der Waals surface area contributed by atoms with Gasteiger partial charge in [-0.15, -0.1) is 0 Å². The first kappa shape index (κ1) is 13.7. The minimum atomic E-state index is -0.467. The van der Waals surface area contributed by atoms with Gasteiger partial charge in [0.05, 0.1) is 6.61 Å². The Morgan fingerprint density at radius 1 is 1.29 bits per heavy atom. The highest BCUT2D eigenvalue weighted by atomic mass is 16.6. The quantitative estimate of drug-likeness (QED) is 0.539. The number of carbonyl (C=O) groups excluding carboxylic acids is 1. The van der Waals surface area contributed by atoms with Gasteiger partial charge < -0.3 is 9.47 Å². The first-order valence-electron chi connectivity index (χ1n) is 6.06. The fourth-order valence-electron chi connectivity index (χ4n) is 1.51. The maximum atomic E-state index is 11.3. The molecular formula is C14H20O3. The molecule has 0 aliphatic heterocycles. The average Bonchev–Trinajstić information content (AvgIpc) is 2.36.